The van der Waals surface area contributed by atoms with Crippen LogP contribution in [0.2, 0.25) is 0 Å². The molecule has 1 saturated heterocycles. The van der Waals surface area contributed by atoms with Crippen molar-refractivity contribution >= 4 is 12.0 Å². The van der Waals surface area contributed by atoms with Crippen LogP contribution in [-0.4, -0.2) is 48.5 Å². The number of rotatable bonds is 6. The van der Waals surface area contributed by atoms with Crippen LogP contribution < -0.4 is 4.74 Å². The van der Waals surface area contributed by atoms with Gasteiger partial charge in [-0.15, -0.1) is 0 Å². The first-order valence-electron chi connectivity index (χ1n) is 9.63. The molecule has 4 heteroatoms. The summed E-state index contributed by atoms with van der Waals surface area (Å²) in [7, 11) is 0. The van der Waals surface area contributed by atoms with E-state index in [0.717, 1.165) is 44.0 Å². The van der Waals surface area contributed by atoms with Gasteiger partial charge in [0.2, 0.25) is 5.91 Å². The molecule has 1 aliphatic rings. The third-order valence-corrected chi connectivity index (χ3v) is 4.96. The van der Waals surface area contributed by atoms with E-state index in [1.54, 1.807) is 6.08 Å². The number of benzene rings is 2. The highest BCUT2D eigenvalue weighted by molar-refractivity contribution is 5.92. The van der Waals surface area contributed by atoms with Crippen molar-refractivity contribution in [1.29, 1.82) is 0 Å². The van der Waals surface area contributed by atoms with Gasteiger partial charge < -0.3 is 9.64 Å². The molecule has 27 heavy (non-hydrogen) atoms. The highest BCUT2D eigenvalue weighted by Gasteiger charge is 2.20. The number of para-hydroxylation sites is 1. The van der Waals surface area contributed by atoms with Gasteiger partial charge in [-0.05, 0) is 37.1 Å². The zero-order valence-corrected chi connectivity index (χ0v) is 16.2. The Hall–Kier alpha value is -2.59. The standard InChI is InChI=1S/C23H28N2O2/c1-3-27-22-11-7-6-9-20(22)12-13-23(26)25-16-14-24(15-17-25)18-21-10-5-4-8-19(21)2/h4-13H,3,14-18H2,1-2H3/b13-12+. The second-order valence-corrected chi connectivity index (χ2v) is 6.83. The third kappa shape index (κ3) is 5.20. The van der Waals surface area contributed by atoms with Gasteiger partial charge in [0.1, 0.15) is 5.75 Å². The summed E-state index contributed by atoms with van der Waals surface area (Å²) >= 11 is 0. The number of carbonyl (C=O) groups excluding carboxylic acids is 1. The van der Waals surface area contributed by atoms with Crippen LogP contribution in [0.4, 0.5) is 0 Å². The van der Waals surface area contributed by atoms with E-state index in [1.165, 1.54) is 11.1 Å². The topological polar surface area (TPSA) is 32.8 Å². The molecule has 1 fully saturated rings. The maximum Gasteiger partial charge on any atom is 0.246 e. The maximum absolute atomic E-state index is 12.5. The van der Waals surface area contributed by atoms with Gasteiger partial charge >= 0.3 is 0 Å². The molecule has 1 amide bonds. The lowest BCUT2D eigenvalue weighted by atomic mass is 10.1. The molecule has 0 atom stereocenters. The summed E-state index contributed by atoms with van der Waals surface area (Å²) in [6.07, 6.45) is 3.52. The molecule has 1 aliphatic heterocycles. The lowest BCUT2D eigenvalue weighted by molar-refractivity contribution is -0.127. The molecule has 0 bridgehead atoms. The first-order valence-corrected chi connectivity index (χ1v) is 9.63. The summed E-state index contributed by atoms with van der Waals surface area (Å²) in [4.78, 5) is 16.9. The molecule has 0 spiro atoms. The Morgan fingerprint density at radius 3 is 2.48 bits per heavy atom. The zero-order valence-electron chi connectivity index (χ0n) is 16.2. The van der Waals surface area contributed by atoms with Gasteiger partial charge in [0.05, 0.1) is 6.61 Å². The highest BCUT2D eigenvalue weighted by atomic mass is 16.5. The predicted molar refractivity (Wildman–Crippen MR) is 110 cm³/mol. The van der Waals surface area contributed by atoms with E-state index in [1.807, 2.05) is 42.2 Å². The Labute approximate surface area is 162 Å². The molecule has 0 aliphatic carbocycles. The van der Waals surface area contributed by atoms with Crippen LogP contribution in [0.5, 0.6) is 5.75 Å². The molecule has 0 radical (unpaired) electrons. The smallest absolute Gasteiger partial charge is 0.246 e. The fraction of sp³-hybridized carbons (Fsp3) is 0.348. The SMILES string of the molecule is CCOc1ccccc1/C=C/C(=O)N1CCN(Cc2ccccc2C)CC1. The van der Waals surface area contributed by atoms with Gasteiger partial charge in [0, 0.05) is 44.4 Å². The fourth-order valence-corrected chi connectivity index (χ4v) is 3.33. The van der Waals surface area contributed by atoms with Crippen molar-refractivity contribution in [2.45, 2.75) is 20.4 Å². The number of carbonyl (C=O) groups is 1. The Morgan fingerprint density at radius 2 is 1.74 bits per heavy atom. The Bertz CT molecular complexity index is 792. The number of hydrogen-bond donors (Lipinski definition) is 0. The van der Waals surface area contributed by atoms with Crippen molar-refractivity contribution in [2.24, 2.45) is 0 Å². The van der Waals surface area contributed by atoms with E-state index in [9.17, 15) is 4.79 Å². The molecule has 0 saturated carbocycles. The van der Waals surface area contributed by atoms with Gasteiger partial charge in [-0.3, -0.25) is 9.69 Å². The number of amides is 1. The molecule has 0 unspecified atom stereocenters. The molecule has 142 valence electrons. The average Bonchev–Trinajstić information content (AvgIpc) is 2.70. The van der Waals surface area contributed by atoms with Crippen molar-refractivity contribution in [3.8, 4) is 5.75 Å². The van der Waals surface area contributed by atoms with E-state index in [0.29, 0.717) is 6.61 Å². The van der Waals surface area contributed by atoms with E-state index in [4.69, 9.17) is 4.74 Å². The molecule has 4 nitrogen and oxygen atoms in total. The first-order chi connectivity index (χ1) is 13.2. The summed E-state index contributed by atoms with van der Waals surface area (Å²) in [5.41, 5.74) is 3.63. The van der Waals surface area contributed by atoms with Crippen molar-refractivity contribution in [1.82, 2.24) is 9.80 Å². The Kier molecular flexibility index (Phi) is 6.66. The van der Waals surface area contributed by atoms with E-state index >= 15 is 0 Å². The summed E-state index contributed by atoms with van der Waals surface area (Å²) < 4.78 is 5.61. The van der Waals surface area contributed by atoms with Gasteiger partial charge in [-0.25, -0.2) is 0 Å². The molecule has 0 aromatic heterocycles. The predicted octanol–water partition coefficient (Wildman–Crippen LogP) is 3.75. The average molecular weight is 364 g/mol. The first kappa shape index (κ1) is 19.2. The monoisotopic (exact) mass is 364 g/mol. The normalized spacial score (nSPS) is 15.3. The van der Waals surface area contributed by atoms with Crippen molar-refractivity contribution in [3.05, 3.63) is 71.3 Å². The van der Waals surface area contributed by atoms with E-state index in [2.05, 4.69) is 36.1 Å². The molecule has 0 N–H and O–H groups in total. The summed E-state index contributed by atoms with van der Waals surface area (Å²) in [5, 5.41) is 0. The molecule has 2 aromatic carbocycles. The Morgan fingerprint density at radius 1 is 1.04 bits per heavy atom. The number of ether oxygens (including phenoxy) is 1. The largest absolute Gasteiger partial charge is 0.493 e. The maximum atomic E-state index is 12.5. The molecule has 3 rings (SSSR count). The van der Waals surface area contributed by atoms with Crippen LogP contribution in [0.3, 0.4) is 0 Å². The number of aryl methyl sites for hydroxylation is 1. The fourth-order valence-electron chi connectivity index (χ4n) is 3.33. The minimum atomic E-state index is 0.0665. The van der Waals surface area contributed by atoms with Gasteiger partial charge in [-0.1, -0.05) is 42.5 Å². The van der Waals surface area contributed by atoms with Gasteiger partial charge in [-0.2, -0.15) is 0 Å². The molecular weight excluding hydrogens is 336 g/mol. The highest BCUT2D eigenvalue weighted by Crippen LogP contribution is 2.19. The Balaban J connectivity index is 1.53. The quantitative estimate of drug-likeness (QED) is 0.732. The number of hydrogen-bond acceptors (Lipinski definition) is 3. The van der Waals surface area contributed by atoms with Crippen LogP contribution in [0.1, 0.15) is 23.6 Å². The third-order valence-electron chi connectivity index (χ3n) is 4.96. The summed E-state index contributed by atoms with van der Waals surface area (Å²) in [5.74, 6) is 0.879. The van der Waals surface area contributed by atoms with Crippen LogP contribution >= 0.6 is 0 Å². The lowest BCUT2D eigenvalue weighted by Crippen LogP contribution is -2.47. The van der Waals surface area contributed by atoms with Gasteiger partial charge in [0.15, 0.2) is 0 Å². The zero-order chi connectivity index (χ0) is 19.1. The number of nitrogens with zero attached hydrogens (tertiary/aromatic N) is 2. The minimum Gasteiger partial charge on any atom is -0.493 e. The summed E-state index contributed by atoms with van der Waals surface area (Å²) in [6, 6.07) is 16.3. The number of piperazine rings is 1. The molecule has 1 heterocycles. The second kappa shape index (κ2) is 9.38. The van der Waals surface area contributed by atoms with E-state index < -0.39 is 0 Å². The lowest BCUT2D eigenvalue weighted by Gasteiger charge is -2.34. The second-order valence-electron chi connectivity index (χ2n) is 6.83. The van der Waals surface area contributed by atoms with Crippen LogP contribution in [-0.2, 0) is 11.3 Å². The molecule has 2 aromatic rings. The van der Waals surface area contributed by atoms with Crippen molar-refractivity contribution < 1.29 is 9.53 Å². The van der Waals surface area contributed by atoms with Gasteiger partial charge in [0.25, 0.3) is 0 Å². The summed E-state index contributed by atoms with van der Waals surface area (Å²) in [6.45, 7) is 9.02. The van der Waals surface area contributed by atoms with Crippen molar-refractivity contribution in [3.63, 3.8) is 0 Å². The van der Waals surface area contributed by atoms with Crippen LogP contribution in [0.25, 0.3) is 6.08 Å². The van der Waals surface area contributed by atoms with Crippen LogP contribution in [0, 0.1) is 6.92 Å². The minimum absolute atomic E-state index is 0.0665. The van der Waals surface area contributed by atoms with Crippen molar-refractivity contribution in [2.75, 3.05) is 32.8 Å². The molecular formula is C23H28N2O2. The van der Waals surface area contributed by atoms with E-state index in [-0.39, 0.29) is 5.91 Å². The van der Waals surface area contributed by atoms with Crippen LogP contribution in [0.15, 0.2) is 54.6 Å².